The van der Waals surface area contributed by atoms with Crippen LogP contribution in [0.1, 0.15) is 27.4 Å². The van der Waals surface area contributed by atoms with Gasteiger partial charge in [-0.25, -0.2) is 9.79 Å². The summed E-state index contributed by atoms with van der Waals surface area (Å²) in [5, 5.41) is 13.4. The number of amidine groups is 1. The van der Waals surface area contributed by atoms with Gasteiger partial charge < -0.3 is 19.4 Å². The van der Waals surface area contributed by atoms with E-state index in [1.54, 1.807) is 6.07 Å². The highest BCUT2D eigenvalue weighted by molar-refractivity contribution is 8.18. The van der Waals surface area contributed by atoms with Crippen molar-refractivity contribution in [2.45, 2.75) is 13.5 Å². The zero-order valence-corrected chi connectivity index (χ0v) is 18.4. The number of hydrogen-bond donors (Lipinski definition) is 2. The van der Waals surface area contributed by atoms with Gasteiger partial charge in [0.25, 0.3) is 5.91 Å². The van der Waals surface area contributed by atoms with Gasteiger partial charge in [0.05, 0.1) is 17.1 Å². The van der Waals surface area contributed by atoms with Crippen molar-refractivity contribution in [3.05, 3.63) is 94.4 Å². The molecular weight excluding hydrogens is 438 g/mol. The predicted octanol–water partition coefficient (Wildman–Crippen LogP) is 5.18. The fraction of sp³-hybridized carbons (Fsp3) is 0.0800. The minimum atomic E-state index is -1.10. The molecule has 0 aliphatic carbocycles. The average molecular weight is 458 g/mol. The summed E-state index contributed by atoms with van der Waals surface area (Å²) < 4.78 is 7.39. The number of aromatic carboxylic acids is 1. The molecule has 2 N–H and O–H groups in total. The van der Waals surface area contributed by atoms with Crippen LogP contribution < -0.4 is 5.32 Å². The molecule has 1 amide bonds. The Morgan fingerprint density at radius 1 is 1.18 bits per heavy atom. The van der Waals surface area contributed by atoms with Crippen molar-refractivity contribution in [1.29, 1.82) is 0 Å². The SMILES string of the molecule is Cc1cccc(N=C2NC(=O)/C(=C/c3cn(Cc4ccc(C(=O)O)o4)c4ccccc34)S2)c1. The first-order chi connectivity index (χ1) is 16.0. The van der Waals surface area contributed by atoms with Crippen LogP contribution in [0.3, 0.4) is 0 Å². The quantitative estimate of drug-likeness (QED) is 0.403. The number of carbonyl (C=O) groups excluding carboxylic acids is 1. The Bertz CT molecular complexity index is 1460. The molecule has 1 aliphatic heterocycles. The van der Waals surface area contributed by atoms with E-state index in [0.717, 1.165) is 27.7 Å². The number of nitrogens with one attached hydrogen (secondary N) is 1. The van der Waals surface area contributed by atoms with Crippen LogP contribution in [0.5, 0.6) is 0 Å². The molecule has 0 unspecified atom stereocenters. The molecule has 4 aromatic rings. The first-order valence-corrected chi connectivity index (χ1v) is 11.0. The second-order valence-corrected chi connectivity index (χ2v) is 8.65. The number of aliphatic imine (C=N–C) groups is 1. The van der Waals surface area contributed by atoms with Crippen molar-refractivity contribution < 1.29 is 19.1 Å². The molecule has 0 saturated carbocycles. The van der Waals surface area contributed by atoms with Crippen LogP contribution in [0.15, 0.2) is 81.2 Å². The van der Waals surface area contributed by atoms with Crippen molar-refractivity contribution >= 4 is 51.5 Å². The fourth-order valence-electron chi connectivity index (χ4n) is 3.70. The highest BCUT2D eigenvalue weighted by Crippen LogP contribution is 2.31. The molecule has 5 rings (SSSR count). The van der Waals surface area contributed by atoms with Crippen LogP contribution in [0.2, 0.25) is 0 Å². The van der Waals surface area contributed by atoms with Crippen LogP contribution >= 0.6 is 11.8 Å². The van der Waals surface area contributed by atoms with Gasteiger partial charge in [-0.2, -0.15) is 0 Å². The van der Waals surface area contributed by atoms with Crippen LogP contribution in [0.25, 0.3) is 17.0 Å². The van der Waals surface area contributed by atoms with E-state index < -0.39 is 5.97 Å². The zero-order chi connectivity index (χ0) is 22.9. The molecule has 8 heteroatoms. The largest absolute Gasteiger partial charge is 0.475 e. The first-order valence-electron chi connectivity index (χ1n) is 10.2. The maximum atomic E-state index is 12.6. The lowest BCUT2D eigenvalue weighted by molar-refractivity contribution is -0.115. The predicted molar refractivity (Wildman–Crippen MR) is 129 cm³/mol. The Balaban J connectivity index is 1.46. The molecule has 3 heterocycles. The van der Waals surface area contributed by atoms with Crippen LogP contribution in [0.4, 0.5) is 5.69 Å². The number of carbonyl (C=O) groups is 2. The van der Waals surface area contributed by atoms with Gasteiger partial charge in [-0.1, -0.05) is 30.3 Å². The molecule has 1 fully saturated rings. The first kappa shape index (κ1) is 20.8. The van der Waals surface area contributed by atoms with E-state index in [4.69, 9.17) is 9.52 Å². The van der Waals surface area contributed by atoms with E-state index >= 15 is 0 Å². The lowest BCUT2D eigenvalue weighted by Gasteiger charge is -2.02. The van der Waals surface area contributed by atoms with Crippen LogP contribution in [0, 0.1) is 6.92 Å². The number of aryl methyl sites for hydroxylation is 1. The Hall–Kier alpha value is -4.04. The molecule has 1 saturated heterocycles. The number of para-hydroxylation sites is 1. The van der Waals surface area contributed by atoms with Gasteiger partial charge in [0.2, 0.25) is 5.76 Å². The lowest BCUT2D eigenvalue weighted by Crippen LogP contribution is -2.19. The van der Waals surface area contributed by atoms with Crippen LogP contribution in [-0.4, -0.2) is 26.7 Å². The Kier molecular flexibility index (Phi) is 5.35. The fourth-order valence-corrected chi connectivity index (χ4v) is 4.54. The Morgan fingerprint density at radius 3 is 2.82 bits per heavy atom. The summed E-state index contributed by atoms with van der Waals surface area (Å²) >= 11 is 1.30. The summed E-state index contributed by atoms with van der Waals surface area (Å²) in [4.78, 5) is 28.8. The van der Waals surface area contributed by atoms with E-state index in [9.17, 15) is 9.59 Å². The van der Waals surface area contributed by atoms with E-state index in [1.807, 2.05) is 72.3 Å². The molecule has 0 spiro atoms. The molecule has 1 aliphatic rings. The number of amides is 1. The van der Waals surface area contributed by atoms with Crippen molar-refractivity contribution in [3.63, 3.8) is 0 Å². The summed E-state index contributed by atoms with van der Waals surface area (Å²) in [5.74, 6) is -0.854. The number of aromatic nitrogens is 1. The monoisotopic (exact) mass is 457 g/mol. The molecule has 7 nitrogen and oxygen atoms in total. The standard InChI is InChI=1S/C25H19N3O4S/c1-15-5-4-6-17(11-15)26-25-27-23(29)22(33-25)12-16-13-28(20-8-3-2-7-19(16)20)14-18-9-10-21(32-18)24(30)31/h2-13H,14H2,1H3,(H,30,31)(H,26,27,29)/b22-12-. The van der Waals surface area contributed by atoms with Gasteiger partial charge in [-0.05, 0) is 60.7 Å². The van der Waals surface area contributed by atoms with Gasteiger partial charge in [-0.3, -0.25) is 4.79 Å². The number of thioether (sulfide) groups is 1. The maximum Gasteiger partial charge on any atom is 0.371 e. The number of carboxylic acid groups (broad SMARTS) is 1. The van der Waals surface area contributed by atoms with E-state index in [1.165, 1.54) is 17.8 Å². The topological polar surface area (TPSA) is 96.8 Å². The highest BCUT2D eigenvalue weighted by Gasteiger charge is 2.24. The molecule has 164 valence electrons. The Morgan fingerprint density at radius 2 is 2.03 bits per heavy atom. The van der Waals surface area contributed by atoms with Gasteiger partial charge in [0.15, 0.2) is 5.17 Å². The normalized spacial score (nSPS) is 16.1. The maximum absolute atomic E-state index is 12.6. The number of benzene rings is 2. The molecule has 0 atom stereocenters. The third-order valence-electron chi connectivity index (χ3n) is 5.19. The second kappa shape index (κ2) is 8.48. The molecule has 33 heavy (non-hydrogen) atoms. The van der Waals surface area contributed by atoms with Crippen molar-refractivity contribution in [2.24, 2.45) is 4.99 Å². The second-order valence-electron chi connectivity index (χ2n) is 7.62. The number of fused-ring (bicyclic) bond motifs is 1. The number of nitrogens with zero attached hydrogens (tertiary/aromatic N) is 2. The smallest absolute Gasteiger partial charge is 0.371 e. The lowest BCUT2D eigenvalue weighted by atomic mass is 10.1. The third-order valence-corrected chi connectivity index (χ3v) is 6.10. The zero-order valence-electron chi connectivity index (χ0n) is 17.6. The number of carboxylic acids is 1. The van der Waals surface area contributed by atoms with Crippen molar-refractivity contribution in [1.82, 2.24) is 9.88 Å². The summed E-state index contributed by atoms with van der Waals surface area (Å²) in [6.45, 7) is 2.37. The van der Waals surface area contributed by atoms with Gasteiger partial charge in [0, 0.05) is 22.7 Å². The minimum Gasteiger partial charge on any atom is -0.475 e. The van der Waals surface area contributed by atoms with Crippen LogP contribution in [-0.2, 0) is 11.3 Å². The minimum absolute atomic E-state index is 0.0942. The third kappa shape index (κ3) is 4.33. The number of hydrogen-bond acceptors (Lipinski definition) is 5. The molecular formula is C25H19N3O4S. The summed E-state index contributed by atoms with van der Waals surface area (Å²) in [7, 11) is 0. The molecule has 2 aromatic carbocycles. The average Bonchev–Trinajstić information content (AvgIpc) is 3.48. The molecule has 0 bridgehead atoms. The molecule has 2 aromatic heterocycles. The summed E-state index contributed by atoms with van der Waals surface area (Å²) in [5.41, 5.74) is 3.72. The van der Waals surface area contributed by atoms with Crippen molar-refractivity contribution in [3.8, 4) is 0 Å². The van der Waals surface area contributed by atoms with E-state index in [0.29, 0.717) is 22.4 Å². The highest BCUT2D eigenvalue weighted by atomic mass is 32.2. The molecule has 0 radical (unpaired) electrons. The van der Waals surface area contributed by atoms with Crippen molar-refractivity contribution in [2.75, 3.05) is 0 Å². The number of furan rings is 1. The van der Waals surface area contributed by atoms with Gasteiger partial charge >= 0.3 is 5.97 Å². The van der Waals surface area contributed by atoms with E-state index in [2.05, 4.69) is 10.3 Å². The van der Waals surface area contributed by atoms with Gasteiger partial charge in [0.1, 0.15) is 5.76 Å². The number of rotatable bonds is 5. The Labute approximate surface area is 193 Å². The van der Waals surface area contributed by atoms with E-state index in [-0.39, 0.29) is 11.7 Å². The summed E-state index contributed by atoms with van der Waals surface area (Å²) in [6, 6.07) is 18.7. The summed E-state index contributed by atoms with van der Waals surface area (Å²) in [6.07, 6.45) is 3.78. The van der Waals surface area contributed by atoms with Gasteiger partial charge in [-0.15, -0.1) is 0 Å².